The fourth-order valence-corrected chi connectivity index (χ4v) is 2.82. The van der Waals surface area contributed by atoms with Crippen molar-refractivity contribution in [3.05, 3.63) is 95.6 Å². The molecule has 7 heteroatoms. The van der Waals surface area contributed by atoms with Crippen LogP contribution in [0.2, 0.25) is 0 Å². The number of nitrogens with one attached hydrogen (secondary N) is 2. The molecule has 3 aromatic carbocycles. The van der Waals surface area contributed by atoms with E-state index in [9.17, 15) is 9.59 Å². The van der Waals surface area contributed by atoms with Crippen molar-refractivity contribution in [2.75, 3.05) is 5.32 Å². The molecule has 3 rings (SSSR count). The van der Waals surface area contributed by atoms with Gasteiger partial charge in [-0.1, -0.05) is 42.5 Å². The van der Waals surface area contributed by atoms with Gasteiger partial charge in [0.1, 0.15) is 12.4 Å². The number of ether oxygens (including phenoxy) is 1. The molecule has 0 aliphatic rings. The maximum absolute atomic E-state index is 12.5. The van der Waals surface area contributed by atoms with Gasteiger partial charge in [0, 0.05) is 5.56 Å². The molecule has 0 aromatic heterocycles. The highest BCUT2D eigenvalue weighted by molar-refractivity contribution is 7.80. The first-order valence-electron chi connectivity index (χ1n) is 8.81. The summed E-state index contributed by atoms with van der Waals surface area (Å²) in [6.07, 6.45) is 0. The van der Waals surface area contributed by atoms with Crippen LogP contribution in [0, 0.1) is 0 Å². The Bertz CT molecular complexity index is 1040. The van der Waals surface area contributed by atoms with Crippen LogP contribution in [-0.4, -0.2) is 16.9 Å². The summed E-state index contributed by atoms with van der Waals surface area (Å²) < 4.78 is 5.71. The molecule has 3 aromatic rings. The molecule has 4 N–H and O–H groups in total. The van der Waals surface area contributed by atoms with Crippen molar-refractivity contribution in [3.63, 3.8) is 0 Å². The van der Waals surface area contributed by atoms with Gasteiger partial charge in [-0.15, -0.1) is 0 Å². The fraction of sp³-hybridized carbons (Fsp3) is 0.0455. The van der Waals surface area contributed by atoms with Crippen LogP contribution in [0.15, 0.2) is 78.9 Å². The SMILES string of the molecule is NC(=O)c1ccccc1NC(=S)NC(=O)c1cccc(COc2ccccc2)c1. The first kappa shape index (κ1) is 20.0. The van der Waals surface area contributed by atoms with E-state index < -0.39 is 5.91 Å². The van der Waals surface area contributed by atoms with Crippen LogP contribution in [0.1, 0.15) is 26.3 Å². The molecule has 0 saturated carbocycles. The highest BCUT2D eigenvalue weighted by Gasteiger charge is 2.12. The van der Waals surface area contributed by atoms with Crippen molar-refractivity contribution < 1.29 is 14.3 Å². The van der Waals surface area contributed by atoms with E-state index in [2.05, 4.69) is 10.6 Å². The van der Waals surface area contributed by atoms with Crippen LogP contribution in [0.5, 0.6) is 5.75 Å². The Balaban J connectivity index is 1.62. The van der Waals surface area contributed by atoms with Crippen LogP contribution in [-0.2, 0) is 6.61 Å². The van der Waals surface area contributed by atoms with E-state index >= 15 is 0 Å². The second-order valence-electron chi connectivity index (χ2n) is 6.12. The summed E-state index contributed by atoms with van der Waals surface area (Å²) in [6, 6.07) is 23.1. The topological polar surface area (TPSA) is 93.5 Å². The Morgan fingerprint density at radius 2 is 1.66 bits per heavy atom. The van der Waals surface area contributed by atoms with Gasteiger partial charge in [-0.2, -0.15) is 0 Å². The van der Waals surface area contributed by atoms with Gasteiger partial charge in [-0.3, -0.25) is 14.9 Å². The quantitative estimate of drug-likeness (QED) is 0.546. The number of hydrogen-bond donors (Lipinski definition) is 3. The molecule has 2 amide bonds. The molecular weight excluding hydrogens is 386 g/mol. The number of anilines is 1. The zero-order valence-electron chi connectivity index (χ0n) is 15.4. The molecule has 0 saturated heterocycles. The van der Waals surface area contributed by atoms with Gasteiger partial charge >= 0.3 is 0 Å². The van der Waals surface area contributed by atoms with E-state index in [1.54, 1.807) is 42.5 Å². The van der Waals surface area contributed by atoms with Crippen LogP contribution in [0.3, 0.4) is 0 Å². The van der Waals surface area contributed by atoms with Gasteiger partial charge in [0.05, 0.1) is 11.3 Å². The van der Waals surface area contributed by atoms with Gasteiger partial charge in [0.2, 0.25) is 0 Å². The van der Waals surface area contributed by atoms with Gasteiger partial charge in [-0.05, 0) is 54.2 Å². The average molecular weight is 405 g/mol. The van der Waals surface area contributed by atoms with E-state index in [0.29, 0.717) is 17.9 Å². The number of hydrogen-bond acceptors (Lipinski definition) is 4. The highest BCUT2D eigenvalue weighted by Crippen LogP contribution is 2.15. The first-order chi connectivity index (χ1) is 14.0. The number of carbonyl (C=O) groups is 2. The first-order valence-corrected chi connectivity index (χ1v) is 9.22. The third kappa shape index (κ3) is 5.63. The minimum absolute atomic E-state index is 0.0645. The van der Waals surface area contributed by atoms with Crippen LogP contribution >= 0.6 is 12.2 Å². The second-order valence-corrected chi connectivity index (χ2v) is 6.53. The minimum Gasteiger partial charge on any atom is -0.489 e. The average Bonchev–Trinajstić information content (AvgIpc) is 2.73. The molecule has 0 bridgehead atoms. The van der Waals surface area contributed by atoms with Crippen LogP contribution < -0.4 is 21.1 Å². The van der Waals surface area contributed by atoms with E-state index in [1.165, 1.54) is 0 Å². The fourth-order valence-electron chi connectivity index (χ4n) is 2.62. The van der Waals surface area contributed by atoms with E-state index in [1.807, 2.05) is 36.4 Å². The van der Waals surface area contributed by atoms with E-state index in [4.69, 9.17) is 22.7 Å². The molecule has 0 aliphatic carbocycles. The molecular formula is C22H19N3O3S. The third-order valence-corrected chi connectivity index (χ3v) is 4.21. The zero-order chi connectivity index (χ0) is 20.6. The predicted octanol–water partition coefficient (Wildman–Crippen LogP) is 3.49. The second kappa shape index (κ2) is 9.48. The van der Waals surface area contributed by atoms with E-state index in [0.717, 1.165) is 11.3 Å². The molecule has 146 valence electrons. The Morgan fingerprint density at radius 3 is 2.41 bits per heavy atom. The van der Waals surface area contributed by atoms with Crippen LogP contribution in [0.25, 0.3) is 0 Å². The van der Waals surface area contributed by atoms with Crippen molar-refractivity contribution >= 4 is 34.8 Å². The van der Waals surface area contributed by atoms with Gasteiger partial charge in [0.25, 0.3) is 11.8 Å². The Kier molecular flexibility index (Phi) is 6.55. The van der Waals surface area contributed by atoms with E-state index in [-0.39, 0.29) is 16.6 Å². The standard InChI is InChI=1S/C22H19N3O3S/c23-20(26)18-11-4-5-12-19(18)24-22(29)25-21(27)16-8-6-7-15(13-16)14-28-17-9-2-1-3-10-17/h1-13H,14H2,(H2,23,26)(H2,24,25,27,29). The maximum Gasteiger partial charge on any atom is 0.257 e. The lowest BCUT2D eigenvalue weighted by atomic mass is 10.1. The Labute approximate surface area is 173 Å². The molecule has 0 spiro atoms. The smallest absolute Gasteiger partial charge is 0.257 e. The van der Waals surface area contributed by atoms with Gasteiger partial charge in [-0.25, -0.2) is 0 Å². The molecule has 0 atom stereocenters. The molecule has 0 radical (unpaired) electrons. The number of primary amides is 1. The number of amides is 2. The number of carbonyl (C=O) groups excluding carboxylic acids is 2. The highest BCUT2D eigenvalue weighted by atomic mass is 32.1. The molecule has 29 heavy (non-hydrogen) atoms. The Morgan fingerprint density at radius 1 is 0.931 bits per heavy atom. The normalized spacial score (nSPS) is 10.1. The largest absolute Gasteiger partial charge is 0.489 e. The summed E-state index contributed by atoms with van der Waals surface area (Å²) in [6.45, 7) is 0.333. The molecule has 6 nitrogen and oxygen atoms in total. The summed E-state index contributed by atoms with van der Waals surface area (Å²) in [7, 11) is 0. The van der Waals surface area contributed by atoms with Crippen molar-refractivity contribution in [1.29, 1.82) is 0 Å². The predicted molar refractivity (Wildman–Crippen MR) is 116 cm³/mol. The van der Waals surface area contributed by atoms with Crippen molar-refractivity contribution in [1.82, 2.24) is 5.32 Å². The number of para-hydroxylation sites is 2. The number of nitrogens with two attached hydrogens (primary N) is 1. The molecule has 0 heterocycles. The monoisotopic (exact) mass is 405 g/mol. The maximum atomic E-state index is 12.5. The van der Waals surface area contributed by atoms with Crippen molar-refractivity contribution in [3.8, 4) is 5.75 Å². The summed E-state index contributed by atoms with van der Waals surface area (Å²) in [5.41, 5.74) is 7.34. The third-order valence-electron chi connectivity index (χ3n) is 4.01. The molecule has 0 fully saturated rings. The lowest BCUT2D eigenvalue weighted by Crippen LogP contribution is -2.34. The summed E-state index contributed by atoms with van der Waals surface area (Å²) in [4.78, 5) is 24.0. The van der Waals surface area contributed by atoms with Crippen molar-refractivity contribution in [2.24, 2.45) is 5.73 Å². The van der Waals surface area contributed by atoms with Crippen LogP contribution in [0.4, 0.5) is 5.69 Å². The zero-order valence-corrected chi connectivity index (χ0v) is 16.2. The van der Waals surface area contributed by atoms with Crippen molar-refractivity contribution in [2.45, 2.75) is 6.61 Å². The molecule has 0 unspecified atom stereocenters. The summed E-state index contributed by atoms with van der Waals surface area (Å²) in [5, 5.41) is 5.49. The lowest BCUT2D eigenvalue weighted by Gasteiger charge is -2.12. The summed E-state index contributed by atoms with van der Waals surface area (Å²) >= 11 is 5.19. The van der Waals surface area contributed by atoms with Gasteiger partial charge in [0.15, 0.2) is 5.11 Å². The number of rotatable bonds is 6. The van der Waals surface area contributed by atoms with Gasteiger partial charge < -0.3 is 15.8 Å². The minimum atomic E-state index is -0.589. The number of thiocarbonyl (C=S) groups is 1. The Hall–Kier alpha value is -3.71. The molecule has 0 aliphatic heterocycles. The summed E-state index contributed by atoms with van der Waals surface area (Å²) in [5.74, 6) is -0.213. The lowest BCUT2D eigenvalue weighted by molar-refractivity contribution is 0.0975. The number of benzene rings is 3.